The molecule has 0 atom stereocenters. The Hall–Kier alpha value is -1.68. The zero-order valence-corrected chi connectivity index (χ0v) is 11.4. The van der Waals surface area contributed by atoms with Crippen molar-refractivity contribution >= 4 is 15.7 Å². The van der Waals surface area contributed by atoms with Crippen LogP contribution in [0.25, 0.3) is 0 Å². The number of benzene rings is 1. The molecule has 1 aromatic carbocycles. The summed E-state index contributed by atoms with van der Waals surface area (Å²) in [4.78, 5) is -0.498. The predicted octanol–water partition coefficient (Wildman–Crippen LogP) is 1.13. The second kappa shape index (κ2) is 5.75. The second-order valence-corrected chi connectivity index (χ2v) is 5.42. The monoisotopic (exact) mass is 314 g/mol. The van der Waals surface area contributed by atoms with Gasteiger partial charge in [0.25, 0.3) is 0 Å². The van der Waals surface area contributed by atoms with E-state index in [1.54, 1.807) is 0 Å². The molecule has 3 N–H and O–H groups in total. The van der Waals surface area contributed by atoms with Crippen LogP contribution in [0.1, 0.15) is 0 Å². The third-order valence-electron chi connectivity index (χ3n) is 2.27. The maximum Gasteiger partial charge on any atom is 0.402 e. The maximum absolute atomic E-state index is 12.1. The summed E-state index contributed by atoms with van der Waals surface area (Å²) in [6.07, 6.45) is -4.67. The van der Waals surface area contributed by atoms with Crippen molar-refractivity contribution in [2.45, 2.75) is 11.1 Å². The zero-order chi connectivity index (χ0) is 15.6. The number of methoxy groups -OCH3 is 2. The Morgan fingerprint density at radius 2 is 1.75 bits per heavy atom. The van der Waals surface area contributed by atoms with Crippen LogP contribution in [0.3, 0.4) is 0 Å². The third-order valence-corrected chi connectivity index (χ3v) is 3.69. The Kier molecular flexibility index (Phi) is 4.71. The summed E-state index contributed by atoms with van der Waals surface area (Å²) >= 11 is 0. The molecule has 0 aromatic heterocycles. The van der Waals surface area contributed by atoms with Crippen molar-refractivity contribution < 1.29 is 31.1 Å². The summed E-state index contributed by atoms with van der Waals surface area (Å²) in [7, 11) is -1.93. The minimum atomic E-state index is -4.67. The highest BCUT2D eigenvalue weighted by Gasteiger charge is 2.31. The molecule has 6 nitrogen and oxygen atoms in total. The minimum absolute atomic E-state index is 0.0410. The van der Waals surface area contributed by atoms with Crippen molar-refractivity contribution in [2.24, 2.45) is 0 Å². The molecule has 1 aromatic rings. The number of anilines is 1. The first-order chi connectivity index (χ1) is 9.10. The summed E-state index contributed by atoms with van der Waals surface area (Å²) in [6, 6.07) is 2.15. The number of alkyl halides is 3. The van der Waals surface area contributed by atoms with Crippen LogP contribution in [0.4, 0.5) is 18.9 Å². The maximum atomic E-state index is 12.1. The first kappa shape index (κ1) is 16.4. The van der Waals surface area contributed by atoms with Gasteiger partial charge in [-0.15, -0.1) is 0 Å². The molecule has 20 heavy (non-hydrogen) atoms. The highest BCUT2D eigenvalue weighted by Crippen LogP contribution is 2.33. The third kappa shape index (κ3) is 3.90. The average molecular weight is 314 g/mol. The van der Waals surface area contributed by atoms with Gasteiger partial charge < -0.3 is 15.2 Å². The molecule has 0 saturated heterocycles. The van der Waals surface area contributed by atoms with Gasteiger partial charge in [-0.1, -0.05) is 0 Å². The quantitative estimate of drug-likeness (QED) is 0.795. The Morgan fingerprint density at radius 3 is 2.20 bits per heavy atom. The van der Waals surface area contributed by atoms with E-state index in [4.69, 9.17) is 15.2 Å². The van der Waals surface area contributed by atoms with Crippen molar-refractivity contribution in [3.8, 4) is 11.5 Å². The molecule has 0 aliphatic rings. The standard InChI is InChI=1S/C10H13F3N2O4S/c1-18-7-4-8(19-2)9(3-6(7)14)20(16,17)15-5-10(11,12)13/h3-4,15H,5,14H2,1-2H3. The fraction of sp³-hybridized carbons (Fsp3) is 0.400. The summed E-state index contributed by atoms with van der Waals surface area (Å²) in [5.74, 6) is -0.0256. The van der Waals surface area contributed by atoms with E-state index in [0.29, 0.717) is 0 Å². The van der Waals surface area contributed by atoms with Crippen molar-refractivity contribution in [1.82, 2.24) is 4.72 Å². The largest absolute Gasteiger partial charge is 0.495 e. The number of sulfonamides is 1. The molecule has 10 heteroatoms. The topological polar surface area (TPSA) is 90.6 Å². The summed E-state index contributed by atoms with van der Waals surface area (Å²) < 4.78 is 71.0. The van der Waals surface area contributed by atoms with Crippen LogP contribution in [0.2, 0.25) is 0 Å². The summed E-state index contributed by atoms with van der Waals surface area (Å²) in [5, 5.41) is 0. The molecular formula is C10H13F3N2O4S. The lowest BCUT2D eigenvalue weighted by Gasteiger charge is -2.14. The number of ether oxygens (including phenoxy) is 2. The van der Waals surface area contributed by atoms with Crippen LogP contribution in [0, 0.1) is 0 Å². The molecular weight excluding hydrogens is 301 g/mol. The smallest absolute Gasteiger partial charge is 0.402 e. The van der Waals surface area contributed by atoms with Crippen LogP contribution in [-0.2, 0) is 10.0 Å². The van der Waals surface area contributed by atoms with Crippen LogP contribution in [-0.4, -0.2) is 35.4 Å². The predicted molar refractivity (Wildman–Crippen MR) is 65.2 cm³/mol. The van der Waals surface area contributed by atoms with Gasteiger partial charge in [0.15, 0.2) is 0 Å². The molecule has 0 spiro atoms. The molecule has 0 radical (unpaired) electrons. The Labute approximate surface area is 113 Å². The van der Waals surface area contributed by atoms with Gasteiger partial charge in [0, 0.05) is 6.07 Å². The number of nitrogens with one attached hydrogen (secondary N) is 1. The van der Waals surface area contributed by atoms with Crippen molar-refractivity contribution in [3.63, 3.8) is 0 Å². The van der Waals surface area contributed by atoms with E-state index >= 15 is 0 Å². The fourth-order valence-electron chi connectivity index (χ4n) is 1.36. The molecule has 0 heterocycles. The van der Waals surface area contributed by atoms with E-state index < -0.39 is 27.6 Å². The van der Waals surface area contributed by atoms with E-state index in [-0.39, 0.29) is 17.2 Å². The molecule has 114 valence electrons. The van der Waals surface area contributed by atoms with E-state index in [2.05, 4.69) is 0 Å². The van der Waals surface area contributed by atoms with Gasteiger partial charge in [0.1, 0.15) is 22.9 Å². The van der Waals surface area contributed by atoms with Gasteiger partial charge in [-0.3, -0.25) is 0 Å². The van der Waals surface area contributed by atoms with Gasteiger partial charge >= 0.3 is 6.18 Å². The average Bonchev–Trinajstić information content (AvgIpc) is 2.35. The van der Waals surface area contributed by atoms with Gasteiger partial charge in [-0.05, 0) is 6.07 Å². The lowest BCUT2D eigenvalue weighted by molar-refractivity contribution is -0.121. The van der Waals surface area contributed by atoms with Gasteiger partial charge in [0.05, 0.1) is 19.9 Å². The molecule has 0 aliphatic carbocycles. The number of nitrogens with two attached hydrogens (primary N) is 1. The fourth-order valence-corrected chi connectivity index (χ4v) is 2.56. The number of nitrogen functional groups attached to an aromatic ring is 1. The van der Waals surface area contributed by atoms with Crippen molar-refractivity contribution in [3.05, 3.63) is 12.1 Å². The molecule has 0 bridgehead atoms. The highest BCUT2D eigenvalue weighted by atomic mass is 32.2. The minimum Gasteiger partial charge on any atom is -0.495 e. The van der Waals surface area contributed by atoms with Crippen LogP contribution in [0.5, 0.6) is 11.5 Å². The van der Waals surface area contributed by atoms with E-state index in [1.807, 2.05) is 0 Å². The highest BCUT2D eigenvalue weighted by molar-refractivity contribution is 7.89. The number of halogens is 3. The van der Waals surface area contributed by atoms with Gasteiger partial charge in [-0.2, -0.15) is 13.2 Å². The van der Waals surface area contributed by atoms with E-state index in [0.717, 1.165) is 6.07 Å². The van der Waals surface area contributed by atoms with E-state index in [9.17, 15) is 21.6 Å². The normalized spacial score (nSPS) is 12.2. The number of hydrogen-bond donors (Lipinski definition) is 2. The molecule has 0 aliphatic heterocycles. The SMILES string of the molecule is COc1cc(OC)c(S(=O)(=O)NCC(F)(F)F)cc1N. The molecule has 0 amide bonds. The molecule has 0 fully saturated rings. The van der Waals surface area contributed by atoms with Gasteiger partial charge in [-0.25, -0.2) is 13.1 Å². The number of hydrogen-bond acceptors (Lipinski definition) is 5. The van der Waals surface area contributed by atoms with Gasteiger partial charge in [0.2, 0.25) is 10.0 Å². The van der Waals surface area contributed by atoms with Crippen LogP contribution >= 0.6 is 0 Å². The zero-order valence-electron chi connectivity index (χ0n) is 10.6. The summed E-state index contributed by atoms with van der Waals surface area (Å²) in [5.41, 5.74) is 5.50. The first-order valence-electron chi connectivity index (χ1n) is 5.18. The first-order valence-corrected chi connectivity index (χ1v) is 6.67. The Morgan fingerprint density at radius 1 is 1.20 bits per heavy atom. The van der Waals surface area contributed by atoms with Crippen molar-refractivity contribution in [2.75, 3.05) is 26.5 Å². The molecule has 1 rings (SSSR count). The Bertz CT molecular complexity index is 587. The van der Waals surface area contributed by atoms with Crippen molar-refractivity contribution in [1.29, 1.82) is 0 Å². The van der Waals surface area contributed by atoms with Crippen LogP contribution < -0.4 is 19.9 Å². The second-order valence-electron chi connectivity index (χ2n) is 3.68. The lowest BCUT2D eigenvalue weighted by atomic mass is 10.3. The van der Waals surface area contributed by atoms with E-state index in [1.165, 1.54) is 25.0 Å². The number of rotatable bonds is 5. The molecule has 0 saturated carbocycles. The Balaban J connectivity index is 3.21. The lowest BCUT2D eigenvalue weighted by Crippen LogP contribution is -2.34. The van der Waals surface area contributed by atoms with Crippen LogP contribution in [0.15, 0.2) is 17.0 Å². The molecule has 0 unspecified atom stereocenters. The summed E-state index contributed by atoms with van der Waals surface area (Å²) in [6.45, 7) is -1.69.